The number of nitrogens with zero attached hydrogens (tertiary/aromatic N) is 2. The number of aliphatic hydroxyl groups is 1. The summed E-state index contributed by atoms with van der Waals surface area (Å²) in [4.78, 5) is 27.9. The van der Waals surface area contributed by atoms with Gasteiger partial charge >= 0.3 is 11.9 Å². The van der Waals surface area contributed by atoms with Gasteiger partial charge in [-0.2, -0.15) is 4.98 Å². The van der Waals surface area contributed by atoms with Gasteiger partial charge in [-0.3, -0.25) is 4.40 Å². The van der Waals surface area contributed by atoms with E-state index < -0.39 is 18.0 Å². The minimum absolute atomic E-state index is 0.00613. The number of aryl methyl sites for hydroxylation is 1. The Morgan fingerprint density at radius 2 is 1.70 bits per heavy atom. The summed E-state index contributed by atoms with van der Waals surface area (Å²) in [6, 6.07) is 16.9. The Morgan fingerprint density at radius 1 is 1.00 bits per heavy atom. The molecule has 4 rings (SSSR count). The number of benzene rings is 2. The summed E-state index contributed by atoms with van der Waals surface area (Å²) in [6.45, 7) is 3.79. The van der Waals surface area contributed by atoms with E-state index in [-0.39, 0.29) is 23.7 Å². The summed E-state index contributed by atoms with van der Waals surface area (Å²) in [5.41, 5.74) is 3.23. The number of ether oxygens (including phenoxy) is 1. The molecule has 8 nitrogen and oxygen atoms in total. The average Bonchev–Trinajstić information content (AvgIpc) is 3.19. The van der Waals surface area contributed by atoms with Crippen LogP contribution in [0.2, 0.25) is 0 Å². The number of pyridine rings is 1. The number of hydrogen-bond acceptors (Lipinski definition) is 5. The van der Waals surface area contributed by atoms with Gasteiger partial charge in [0, 0.05) is 0 Å². The molecule has 8 heteroatoms. The van der Waals surface area contributed by atoms with Gasteiger partial charge in [0.1, 0.15) is 11.8 Å². The monoisotopic (exact) mass is 446 g/mol. The molecule has 0 aliphatic rings. The van der Waals surface area contributed by atoms with E-state index in [9.17, 15) is 24.9 Å². The highest BCUT2D eigenvalue weighted by molar-refractivity contribution is 5.96. The van der Waals surface area contributed by atoms with Crippen LogP contribution < -0.4 is 4.74 Å². The molecule has 2 aromatic heterocycles. The molecule has 0 saturated heterocycles. The van der Waals surface area contributed by atoms with E-state index in [1.807, 2.05) is 0 Å². The number of hydrogen-bond donors (Lipinski definition) is 3. The van der Waals surface area contributed by atoms with Crippen LogP contribution in [0.1, 0.15) is 50.7 Å². The number of aromatic nitrogens is 2. The van der Waals surface area contributed by atoms with Crippen molar-refractivity contribution in [3.8, 4) is 17.0 Å². The minimum atomic E-state index is -1.22. The van der Waals surface area contributed by atoms with Gasteiger partial charge in [0.05, 0.1) is 17.9 Å². The Bertz CT molecular complexity index is 1360. The van der Waals surface area contributed by atoms with Crippen LogP contribution in [0.15, 0.2) is 60.7 Å². The molecule has 0 unspecified atom stereocenters. The molecule has 2 heterocycles. The van der Waals surface area contributed by atoms with E-state index in [0.29, 0.717) is 28.0 Å². The van der Waals surface area contributed by atoms with Crippen LogP contribution in [-0.4, -0.2) is 43.2 Å². The van der Waals surface area contributed by atoms with Crippen LogP contribution in [-0.2, 0) is 0 Å². The number of carbonyl (C=O) groups is 2. The third-order valence-electron chi connectivity index (χ3n) is 5.42. The normalized spacial score (nSPS) is 12.0. The standard InChI is InChI=1S/C25H22N2O6/c1-3-33-23-20(25(31)32)27-19(13-8-14(2)22(27)26-23)21(28)16-11-9-15(10-12-16)17-6-4-5-7-18(17)24(29)30/h4-13,21,28H,3H2,1-2H3,(H,29,30)(H,31,32)/t21-/m1/s1. The molecular formula is C25H22N2O6. The number of aliphatic hydroxyl groups excluding tert-OH is 1. The zero-order valence-corrected chi connectivity index (χ0v) is 18.0. The molecule has 168 valence electrons. The lowest BCUT2D eigenvalue weighted by atomic mass is 9.97. The molecular weight excluding hydrogens is 424 g/mol. The first kappa shape index (κ1) is 22.0. The molecule has 0 bridgehead atoms. The lowest BCUT2D eigenvalue weighted by Crippen LogP contribution is -2.12. The van der Waals surface area contributed by atoms with Crippen molar-refractivity contribution in [3.63, 3.8) is 0 Å². The smallest absolute Gasteiger partial charge is 0.358 e. The predicted molar refractivity (Wildman–Crippen MR) is 121 cm³/mol. The second-order valence-electron chi connectivity index (χ2n) is 7.48. The highest BCUT2D eigenvalue weighted by Crippen LogP contribution is 2.31. The third kappa shape index (κ3) is 3.92. The van der Waals surface area contributed by atoms with E-state index in [4.69, 9.17) is 4.74 Å². The summed E-state index contributed by atoms with van der Waals surface area (Å²) >= 11 is 0. The number of fused-ring (bicyclic) bond motifs is 1. The largest absolute Gasteiger partial charge is 0.478 e. The Hall–Kier alpha value is -4.17. The molecule has 0 radical (unpaired) electrons. The van der Waals surface area contributed by atoms with Gasteiger partial charge in [-0.05, 0) is 48.2 Å². The fourth-order valence-corrected chi connectivity index (χ4v) is 3.85. The molecule has 0 amide bonds. The minimum Gasteiger partial charge on any atom is -0.478 e. The lowest BCUT2D eigenvalue weighted by molar-refractivity contribution is 0.0677. The molecule has 33 heavy (non-hydrogen) atoms. The molecule has 0 aliphatic carbocycles. The van der Waals surface area contributed by atoms with Crippen LogP contribution in [0.3, 0.4) is 0 Å². The third-order valence-corrected chi connectivity index (χ3v) is 5.42. The predicted octanol–water partition coefficient (Wildman–Crippen LogP) is 4.19. The Labute approximate surface area is 189 Å². The fourth-order valence-electron chi connectivity index (χ4n) is 3.85. The zero-order chi connectivity index (χ0) is 23.7. The quantitative estimate of drug-likeness (QED) is 0.389. The first-order chi connectivity index (χ1) is 15.8. The van der Waals surface area contributed by atoms with Crippen LogP contribution in [0.25, 0.3) is 16.8 Å². The van der Waals surface area contributed by atoms with Crippen molar-refractivity contribution in [1.82, 2.24) is 9.38 Å². The topological polar surface area (TPSA) is 121 Å². The number of imidazole rings is 1. The maximum Gasteiger partial charge on any atom is 0.358 e. The van der Waals surface area contributed by atoms with Gasteiger partial charge in [-0.15, -0.1) is 0 Å². The van der Waals surface area contributed by atoms with Gasteiger partial charge in [0.2, 0.25) is 5.88 Å². The van der Waals surface area contributed by atoms with E-state index in [1.54, 1.807) is 68.4 Å². The van der Waals surface area contributed by atoms with Gasteiger partial charge < -0.3 is 20.1 Å². The summed E-state index contributed by atoms with van der Waals surface area (Å²) in [5.74, 6) is -2.25. The Kier molecular flexibility index (Phi) is 5.85. The summed E-state index contributed by atoms with van der Waals surface area (Å²) in [6.07, 6.45) is -1.15. The maximum absolute atomic E-state index is 12.0. The van der Waals surface area contributed by atoms with Crippen molar-refractivity contribution in [1.29, 1.82) is 0 Å². The SMILES string of the molecule is CCOc1nc2c(C)ccc([C@H](O)c3ccc(-c4ccccc4C(=O)O)cc3)n2c1C(=O)O. The molecule has 4 aromatic rings. The molecule has 2 aromatic carbocycles. The van der Waals surface area contributed by atoms with Crippen molar-refractivity contribution < 1.29 is 29.6 Å². The van der Waals surface area contributed by atoms with E-state index in [1.165, 1.54) is 10.5 Å². The number of aromatic carboxylic acids is 2. The summed E-state index contributed by atoms with van der Waals surface area (Å²) in [5, 5.41) is 30.4. The van der Waals surface area contributed by atoms with Crippen molar-refractivity contribution in [2.75, 3.05) is 6.61 Å². The van der Waals surface area contributed by atoms with Crippen LogP contribution >= 0.6 is 0 Å². The van der Waals surface area contributed by atoms with Crippen molar-refractivity contribution in [2.45, 2.75) is 20.0 Å². The Balaban J connectivity index is 1.80. The molecule has 0 saturated carbocycles. The second-order valence-corrected chi connectivity index (χ2v) is 7.48. The fraction of sp³-hybridized carbons (Fsp3) is 0.160. The number of carboxylic acid groups (broad SMARTS) is 2. The van der Waals surface area contributed by atoms with Gasteiger partial charge in [-0.25, -0.2) is 9.59 Å². The van der Waals surface area contributed by atoms with Crippen LogP contribution in [0.4, 0.5) is 0 Å². The van der Waals surface area contributed by atoms with Gasteiger partial charge in [0.15, 0.2) is 5.69 Å². The Morgan fingerprint density at radius 3 is 2.33 bits per heavy atom. The van der Waals surface area contributed by atoms with Crippen LogP contribution in [0, 0.1) is 6.92 Å². The van der Waals surface area contributed by atoms with Crippen molar-refractivity contribution in [3.05, 3.63) is 88.7 Å². The van der Waals surface area contributed by atoms with Crippen molar-refractivity contribution >= 4 is 17.6 Å². The van der Waals surface area contributed by atoms with E-state index >= 15 is 0 Å². The molecule has 1 atom stereocenters. The number of carboxylic acids is 2. The van der Waals surface area contributed by atoms with Crippen LogP contribution in [0.5, 0.6) is 5.88 Å². The average molecular weight is 446 g/mol. The number of rotatable bonds is 7. The molecule has 3 N–H and O–H groups in total. The zero-order valence-electron chi connectivity index (χ0n) is 18.0. The maximum atomic E-state index is 12.0. The lowest BCUT2D eigenvalue weighted by Gasteiger charge is -2.16. The van der Waals surface area contributed by atoms with E-state index in [2.05, 4.69) is 4.98 Å². The van der Waals surface area contributed by atoms with Crippen molar-refractivity contribution in [2.24, 2.45) is 0 Å². The summed E-state index contributed by atoms with van der Waals surface area (Å²) in [7, 11) is 0. The summed E-state index contributed by atoms with van der Waals surface area (Å²) < 4.78 is 6.84. The highest BCUT2D eigenvalue weighted by atomic mass is 16.5. The highest BCUT2D eigenvalue weighted by Gasteiger charge is 2.26. The first-order valence-electron chi connectivity index (χ1n) is 10.3. The van der Waals surface area contributed by atoms with Gasteiger partial charge in [0.25, 0.3) is 0 Å². The van der Waals surface area contributed by atoms with Gasteiger partial charge in [-0.1, -0.05) is 48.5 Å². The second kappa shape index (κ2) is 8.76. The first-order valence-corrected chi connectivity index (χ1v) is 10.3. The molecule has 0 aliphatic heterocycles. The molecule has 0 fully saturated rings. The molecule has 0 spiro atoms. The van der Waals surface area contributed by atoms with E-state index in [0.717, 1.165) is 5.56 Å².